The van der Waals surface area contributed by atoms with E-state index >= 15 is 0 Å². The van der Waals surface area contributed by atoms with Gasteiger partial charge < -0.3 is 10.4 Å². The van der Waals surface area contributed by atoms with Gasteiger partial charge in [0.2, 0.25) is 0 Å². The zero-order valence-electron chi connectivity index (χ0n) is 12.6. The van der Waals surface area contributed by atoms with Gasteiger partial charge in [0.15, 0.2) is 0 Å². The van der Waals surface area contributed by atoms with Gasteiger partial charge in [0.25, 0.3) is 0 Å². The lowest BCUT2D eigenvalue weighted by Gasteiger charge is -2.54. The number of fused-ring (bicyclic) bond motifs is 2. The Morgan fingerprint density at radius 1 is 1.06 bits per heavy atom. The van der Waals surface area contributed by atoms with Crippen molar-refractivity contribution in [3.8, 4) is 0 Å². The van der Waals surface area contributed by atoms with Gasteiger partial charge in [-0.25, -0.2) is 0 Å². The monoisotopic (exact) mass is 251 g/mol. The Bertz CT molecular complexity index is 357. The van der Waals surface area contributed by atoms with Gasteiger partial charge in [0.05, 0.1) is 6.10 Å². The summed E-state index contributed by atoms with van der Waals surface area (Å²) < 4.78 is 0. The molecule has 2 nitrogen and oxygen atoms in total. The average molecular weight is 251 g/mol. The highest BCUT2D eigenvalue weighted by molar-refractivity contribution is 5.15. The van der Waals surface area contributed by atoms with Crippen LogP contribution in [0.25, 0.3) is 0 Å². The Kier molecular flexibility index (Phi) is 2.53. The van der Waals surface area contributed by atoms with Crippen LogP contribution >= 0.6 is 0 Å². The first-order valence-corrected chi connectivity index (χ1v) is 7.62. The zero-order chi connectivity index (χ0) is 13.3. The van der Waals surface area contributed by atoms with Gasteiger partial charge in [0.1, 0.15) is 0 Å². The summed E-state index contributed by atoms with van der Waals surface area (Å²) in [6.07, 6.45) is 5.00. The molecule has 18 heavy (non-hydrogen) atoms. The number of hydrogen-bond acceptors (Lipinski definition) is 2. The Labute approximate surface area is 112 Å². The molecule has 5 unspecified atom stereocenters. The minimum Gasteiger partial charge on any atom is -0.392 e. The summed E-state index contributed by atoms with van der Waals surface area (Å²) in [5, 5.41) is 13.8. The van der Waals surface area contributed by atoms with E-state index < -0.39 is 0 Å². The highest BCUT2D eigenvalue weighted by Gasteiger charge is 2.61. The molecule has 104 valence electrons. The van der Waals surface area contributed by atoms with Crippen LogP contribution in [0.15, 0.2) is 0 Å². The van der Waals surface area contributed by atoms with Crippen LogP contribution in [-0.2, 0) is 0 Å². The predicted octanol–water partition coefficient (Wildman–Crippen LogP) is 2.95. The van der Waals surface area contributed by atoms with Crippen LogP contribution in [0.4, 0.5) is 0 Å². The van der Waals surface area contributed by atoms with Gasteiger partial charge in [-0.05, 0) is 42.4 Å². The predicted molar refractivity (Wildman–Crippen MR) is 74.3 cm³/mol. The van der Waals surface area contributed by atoms with Crippen molar-refractivity contribution in [1.29, 1.82) is 0 Å². The number of rotatable bonds is 2. The van der Waals surface area contributed by atoms with Crippen molar-refractivity contribution in [2.75, 3.05) is 0 Å². The molecule has 3 saturated carbocycles. The molecular weight excluding hydrogens is 222 g/mol. The van der Waals surface area contributed by atoms with Gasteiger partial charge in [-0.1, -0.05) is 34.6 Å². The van der Waals surface area contributed by atoms with Crippen LogP contribution in [0.3, 0.4) is 0 Å². The molecule has 0 aromatic rings. The van der Waals surface area contributed by atoms with Crippen molar-refractivity contribution in [2.24, 2.45) is 22.2 Å². The first kappa shape index (κ1) is 12.9. The molecule has 3 aliphatic carbocycles. The zero-order valence-corrected chi connectivity index (χ0v) is 12.6. The summed E-state index contributed by atoms with van der Waals surface area (Å²) in [6.45, 7) is 11.8. The van der Waals surface area contributed by atoms with E-state index in [1.165, 1.54) is 19.3 Å². The second-order valence-corrected chi connectivity index (χ2v) is 8.64. The lowest BCUT2D eigenvalue weighted by Crippen LogP contribution is -2.65. The van der Waals surface area contributed by atoms with Crippen molar-refractivity contribution < 1.29 is 5.11 Å². The topological polar surface area (TPSA) is 32.3 Å². The lowest BCUT2D eigenvalue weighted by atomic mass is 9.62. The second kappa shape index (κ2) is 3.52. The van der Waals surface area contributed by atoms with Crippen LogP contribution in [0.1, 0.15) is 60.3 Å². The first-order chi connectivity index (χ1) is 8.18. The third kappa shape index (κ3) is 1.48. The summed E-state index contributed by atoms with van der Waals surface area (Å²) >= 11 is 0. The molecule has 0 radical (unpaired) electrons. The first-order valence-electron chi connectivity index (χ1n) is 7.62. The van der Waals surface area contributed by atoms with Gasteiger partial charge in [-0.2, -0.15) is 0 Å². The van der Waals surface area contributed by atoms with Crippen LogP contribution in [0.2, 0.25) is 0 Å². The summed E-state index contributed by atoms with van der Waals surface area (Å²) in [7, 11) is 0. The van der Waals surface area contributed by atoms with Crippen LogP contribution in [-0.4, -0.2) is 23.3 Å². The molecule has 2 heteroatoms. The number of nitrogens with one attached hydrogen (secondary N) is 1. The van der Waals surface area contributed by atoms with Crippen molar-refractivity contribution in [2.45, 2.75) is 78.5 Å². The quantitative estimate of drug-likeness (QED) is 0.791. The van der Waals surface area contributed by atoms with Crippen molar-refractivity contribution in [1.82, 2.24) is 5.32 Å². The molecule has 3 fully saturated rings. The minimum atomic E-state index is -0.121. The Morgan fingerprint density at radius 2 is 1.72 bits per heavy atom. The van der Waals surface area contributed by atoms with E-state index in [1.807, 2.05) is 0 Å². The summed E-state index contributed by atoms with van der Waals surface area (Å²) in [6, 6.07) is 1.12. The maximum Gasteiger partial charge on any atom is 0.0621 e. The Morgan fingerprint density at radius 3 is 2.17 bits per heavy atom. The van der Waals surface area contributed by atoms with E-state index in [4.69, 9.17) is 0 Å². The van der Waals surface area contributed by atoms with Crippen molar-refractivity contribution >= 4 is 0 Å². The largest absolute Gasteiger partial charge is 0.392 e. The third-order valence-corrected chi connectivity index (χ3v) is 6.85. The molecule has 5 atom stereocenters. The van der Waals surface area contributed by atoms with E-state index in [0.29, 0.717) is 22.9 Å². The molecule has 0 aromatic heterocycles. The summed E-state index contributed by atoms with van der Waals surface area (Å²) in [4.78, 5) is 0. The van der Waals surface area contributed by atoms with Gasteiger partial charge >= 0.3 is 0 Å². The lowest BCUT2D eigenvalue weighted by molar-refractivity contribution is -0.0871. The molecule has 0 saturated heterocycles. The van der Waals surface area contributed by atoms with E-state index in [1.54, 1.807) is 0 Å². The third-order valence-electron chi connectivity index (χ3n) is 6.85. The van der Waals surface area contributed by atoms with Crippen LogP contribution in [0, 0.1) is 22.2 Å². The van der Waals surface area contributed by atoms with Gasteiger partial charge in [-0.15, -0.1) is 0 Å². The molecule has 0 aliphatic heterocycles. The van der Waals surface area contributed by atoms with E-state index in [2.05, 4.69) is 39.9 Å². The van der Waals surface area contributed by atoms with Crippen molar-refractivity contribution in [3.63, 3.8) is 0 Å². The van der Waals surface area contributed by atoms with E-state index in [-0.39, 0.29) is 11.5 Å². The van der Waals surface area contributed by atoms with Gasteiger partial charge in [-0.3, -0.25) is 0 Å². The van der Waals surface area contributed by atoms with Crippen LogP contribution < -0.4 is 5.32 Å². The molecule has 2 bridgehead atoms. The SMILES string of the molecule is CC12CCC(C1)C(C)(C)C2NC1CC(O)C1(C)C. The van der Waals surface area contributed by atoms with Crippen molar-refractivity contribution in [3.05, 3.63) is 0 Å². The molecule has 3 aliphatic rings. The number of aliphatic hydroxyl groups excluding tert-OH is 1. The van der Waals surface area contributed by atoms with Gasteiger partial charge in [0, 0.05) is 17.5 Å². The molecule has 0 heterocycles. The standard InChI is InChI=1S/C16H29NO/c1-14(2)10-6-7-16(5,9-10)13(14)17-11-8-12(18)15(11,3)4/h10-13,17-18H,6-9H2,1-5H3. The fourth-order valence-electron chi connectivity index (χ4n) is 5.10. The smallest absolute Gasteiger partial charge is 0.0621 e. The molecule has 0 aromatic carbocycles. The Balaban J connectivity index is 1.77. The normalized spacial score (nSPS) is 52.3. The maximum atomic E-state index is 9.91. The van der Waals surface area contributed by atoms with Crippen LogP contribution in [0.5, 0.6) is 0 Å². The fraction of sp³-hybridized carbons (Fsp3) is 1.00. The molecule has 0 amide bonds. The maximum absolute atomic E-state index is 9.91. The molecule has 2 N–H and O–H groups in total. The second-order valence-electron chi connectivity index (χ2n) is 8.64. The highest BCUT2D eigenvalue weighted by atomic mass is 16.3. The highest BCUT2D eigenvalue weighted by Crippen LogP contribution is 2.63. The van der Waals surface area contributed by atoms with E-state index in [9.17, 15) is 5.11 Å². The summed E-state index contributed by atoms with van der Waals surface area (Å²) in [5.41, 5.74) is 0.961. The molecular formula is C16H29NO. The van der Waals surface area contributed by atoms with E-state index in [0.717, 1.165) is 12.3 Å². The molecule has 3 rings (SSSR count). The fourth-order valence-corrected chi connectivity index (χ4v) is 5.10. The summed E-state index contributed by atoms with van der Waals surface area (Å²) in [5.74, 6) is 0.896. The minimum absolute atomic E-state index is 0.0499. The number of aliphatic hydroxyl groups is 1. The molecule has 0 spiro atoms. The number of hydrogen-bond donors (Lipinski definition) is 2. The Hall–Kier alpha value is -0.0800. The average Bonchev–Trinajstić information content (AvgIpc) is 2.73.